The van der Waals surface area contributed by atoms with Gasteiger partial charge in [-0.25, -0.2) is 0 Å². The number of nitrogens with one attached hydrogen (secondary N) is 1. The third-order valence-electron chi connectivity index (χ3n) is 3.99. The smallest absolute Gasteiger partial charge is 0.320 e. The maximum atomic E-state index is 10.9. The van der Waals surface area contributed by atoms with Gasteiger partial charge >= 0.3 is 5.97 Å². The molecule has 0 saturated heterocycles. The molecule has 0 aromatic rings. The van der Waals surface area contributed by atoms with Crippen molar-refractivity contribution in [2.45, 2.75) is 103 Å². The molecule has 1 atom stereocenters. The lowest BCUT2D eigenvalue weighted by atomic mass is 10.0. The average Bonchev–Trinajstić information content (AvgIpc) is 2.46. The van der Waals surface area contributed by atoms with E-state index in [9.17, 15) is 4.79 Å². The number of aliphatic carboxylic acids is 1. The molecule has 0 amide bonds. The van der Waals surface area contributed by atoms with Crippen molar-refractivity contribution in [1.29, 1.82) is 0 Å². The number of carboxylic acids is 1. The molecule has 5 nitrogen and oxygen atoms in total. The van der Waals surface area contributed by atoms with Gasteiger partial charge in [-0.2, -0.15) is 0 Å². The highest BCUT2D eigenvalue weighted by Crippen LogP contribution is 2.13. The molecule has 0 rings (SSSR count). The van der Waals surface area contributed by atoms with E-state index < -0.39 is 18.4 Å². The molecule has 0 bridgehead atoms. The van der Waals surface area contributed by atoms with Crippen molar-refractivity contribution in [3.05, 3.63) is 0 Å². The van der Waals surface area contributed by atoms with Crippen LogP contribution in [0.25, 0.3) is 0 Å². The van der Waals surface area contributed by atoms with Crippen molar-refractivity contribution in [3.63, 3.8) is 0 Å². The van der Waals surface area contributed by atoms with Gasteiger partial charge in [-0.3, -0.25) is 10.1 Å². The Bertz CT molecular complexity index is 259. The molecule has 0 aromatic carbocycles. The first-order valence-corrected chi connectivity index (χ1v) is 8.93. The van der Waals surface area contributed by atoms with Crippen molar-refractivity contribution < 1.29 is 20.1 Å². The summed E-state index contributed by atoms with van der Waals surface area (Å²) in [7, 11) is 0. The highest BCUT2D eigenvalue weighted by molar-refractivity contribution is 5.73. The van der Waals surface area contributed by atoms with Gasteiger partial charge in [0.2, 0.25) is 6.41 Å². The van der Waals surface area contributed by atoms with Gasteiger partial charge in [0, 0.05) is 0 Å². The lowest BCUT2D eigenvalue weighted by molar-refractivity contribution is -0.145. The molecule has 0 aliphatic carbocycles. The minimum Gasteiger partial charge on any atom is -0.480 e. The molecule has 0 aromatic heterocycles. The maximum absolute atomic E-state index is 10.9. The fraction of sp³-hybridized carbons (Fsp3) is 0.941. The van der Waals surface area contributed by atoms with Crippen LogP contribution in [0.1, 0.15) is 90.4 Å². The number of aliphatic hydroxyl groups excluding tert-OH is 1. The lowest BCUT2D eigenvalue weighted by Crippen LogP contribution is -2.43. The minimum atomic E-state index is -1.77. The summed E-state index contributed by atoms with van der Waals surface area (Å²) in [4.78, 5) is 10.9. The van der Waals surface area contributed by atoms with Crippen molar-refractivity contribution in [2.75, 3.05) is 0 Å². The molecule has 22 heavy (non-hydrogen) atoms. The Morgan fingerprint density at radius 2 is 1.23 bits per heavy atom. The van der Waals surface area contributed by atoms with Gasteiger partial charge in [0.05, 0.1) is 0 Å². The molecule has 0 aliphatic rings. The van der Waals surface area contributed by atoms with E-state index in [4.69, 9.17) is 15.3 Å². The van der Waals surface area contributed by atoms with Crippen LogP contribution < -0.4 is 5.32 Å². The van der Waals surface area contributed by atoms with E-state index in [2.05, 4.69) is 12.2 Å². The van der Waals surface area contributed by atoms with E-state index in [1.54, 1.807) is 0 Å². The summed E-state index contributed by atoms with van der Waals surface area (Å²) in [5.41, 5.74) is 0. The average molecular weight is 317 g/mol. The topological polar surface area (TPSA) is 89.8 Å². The molecule has 4 N–H and O–H groups in total. The Labute approximate surface area is 135 Å². The van der Waals surface area contributed by atoms with Crippen LogP contribution in [-0.4, -0.2) is 33.7 Å². The standard InChI is InChI=1S/C17H35NO4/c1-2-3-4-5-6-7-8-9-10-11-12-13-14-15(16(19)20)18-17(21)22/h15,17-18,21-22H,2-14H2,1H3,(H,19,20). The molecule has 0 aliphatic heterocycles. The summed E-state index contributed by atoms with van der Waals surface area (Å²) < 4.78 is 0. The second-order valence-electron chi connectivity index (χ2n) is 6.11. The summed E-state index contributed by atoms with van der Waals surface area (Å²) in [5.74, 6) is -1.03. The maximum Gasteiger partial charge on any atom is 0.320 e. The van der Waals surface area contributed by atoms with Gasteiger partial charge in [-0.15, -0.1) is 0 Å². The highest BCUT2D eigenvalue weighted by Gasteiger charge is 2.18. The van der Waals surface area contributed by atoms with E-state index in [0.717, 1.165) is 19.3 Å². The van der Waals surface area contributed by atoms with Crippen LogP contribution in [0, 0.1) is 0 Å². The van der Waals surface area contributed by atoms with E-state index >= 15 is 0 Å². The number of hydrogen-bond donors (Lipinski definition) is 4. The van der Waals surface area contributed by atoms with Gasteiger partial charge < -0.3 is 15.3 Å². The molecule has 0 radical (unpaired) electrons. The Hall–Kier alpha value is -0.650. The number of hydrogen-bond acceptors (Lipinski definition) is 4. The molecular weight excluding hydrogens is 282 g/mol. The first-order chi connectivity index (χ1) is 10.6. The Kier molecular flexibility index (Phi) is 14.8. The summed E-state index contributed by atoms with van der Waals surface area (Å²) >= 11 is 0. The fourth-order valence-electron chi connectivity index (χ4n) is 2.65. The predicted octanol–water partition coefficient (Wildman–Crippen LogP) is 3.39. The van der Waals surface area contributed by atoms with Gasteiger partial charge in [0.25, 0.3) is 0 Å². The second kappa shape index (κ2) is 15.3. The van der Waals surface area contributed by atoms with Gasteiger partial charge in [0.1, 0.15) is 6.04 Å². The van der Waals surface area contributed by atoms with Crippen molar-refractivity contribution in [3.8, 4) is 0 Å². The molecule has 0 heterocycles. The largest absolute Gasteiger partial charge is 0.480 e. The second-order valence-corrected chi connectivity index (χ2v) is 6.11. The van der Waals surface area contributed by atoms with Gasteiger partial charge in [-0.1, -0.05) is 84.0 Å². The number of rotatable bonds is 16. The SMILES string of the molecule is CCCCCCCCCCCCCCC(NC(O)O)C(=O)O. The van der Waals surface area contributed by atoms with E-state index in [1.165, 1.54) is 57.8 Å². The summed E-state index contributed by atoms with van der Waals surface area (Å²) in [6.07, 6.45) is 13.5. The molecular formula is C17H35NO4. The van der Waals surface area contributed by atoms with Crippen molar-refractivity contribution in [2.24, 2.45) is 0 Å². The first kappa shape index (κ1) is 21.4. The monoisotopic (exact) mass is 317 g/mol. The van der Waals surface area contributed by atoms with Crippen LogP contribution >= 0.6 is 0 Å². The summed E-state index contributed by atoms with van der Waals surface area (Å²) in [6, 6.07) is -0.872. The normalized spacial score (nSPS) is 12.7. The Morgan fingerprint density at radius 1 is 0.818 bits per heavy atom. The third kappa shape index (κ3) is 14.3. The van der Waals surface area contributed by atoms with Crippen LogP contribution in [0.2, 0.25) is 0 Å². The summed E-state index contributed by atoms with van der Waals surface area (Å²) in [5, 5.41) is 28.6. The lowest BCUT2D eigenvalue weighted by Gasteiger charge is -2.15. The molecule has 1 unspecified atom stereocenters. The molecule has 0 saturated carbocycles. The highest BCUT2D eigenvalue weighted by atomic mass is 16.5. The zero-order chi connectivity index (χ0) is 16.6. The Morgan fingerprint density at radius 3 is 1.59 bits per heavy atom. The van der Waals surface area contributed by atoms with Crippen LogP contribution in [0.5, 0.6) is 0 Å². The van der Waals surface area contributed by atoms with Crippen LogP contribution in [0.15, 0.2) is 0 Å². The molecule has 5 heteroatoms. The minimum absolute atomic E-state index is 0.435. The number of unbranched alkanes of at least 4 members (excludes halogenated alkanes) is 11. The zero-order valence-corrected chi connectivity index (χ0v) is 14.1. The van der Waals surface area contributed by atoms with Gasteiger partial charge in [-0.05, 0) is 6.42 Å². The quantitative estimate of drug-likeness (QED) is 0.259. The van der Waals surface area contributed by atoms with E-state index in [1.807, 2.05) is 0 Å². The summed E-state index contributed by atoms with van der Waals surface area (Å²) in [6.45, 7) is 2.24. The molecule has 0 spiro atoms. The van der Waals surface area contributed by atoms with Crippen LogP contribution in [0.4, 0.5) is 0 Å². The number of carboxylic acid groups (broad SMARTS) is 1. The van der Waals surface area contributed by atoms with Gasteiger partial charge in [0.15, 0.2) is 0 Å². The van der Waals surface area contributed by atoms with Crippen molar-refractivity contribution in [1.82, 2.24) is 5.32 Å². The molecule has 0 fully saturated rings. The Balaban J connectivity index is 3.33. The van der Waals surface area contributed by atoms with Crippen LogP contribution in [0.3, 0.4) is 0 Å². The third-order valence-corrected chi connectivity index (χ3v) is 3.99. The zero-order valence-electron chi connectivity index (χ0n) is 14.1. The fourth-order valence-corrected chi connectivity index (χ4v) is 2.65. The first-order valence-electron chi connectivity index (χ1n) is 8.93. The predicted molar refractivity (Wildman–Crippen MR) is 88.5 cm³/mol. The molecule has 132 valence electrons. The van der Waals surface area contributed by atoms with E-state index in [0.29, 0.717) is 6.42 Å². The number of aliphatic hydroxyl groups is 2. The van der Waals surface area contributed by atoms with Crippen LogP contribution in [-0.2, 0) is 4.79 Å². The van der Waals surface area contributed by atoms with E-state index in [-0.39, 0.29) is 0 Å². The van der Waals surface area contributed by atoms with Crippen molar-refractivity contribution >= 4 is 5.97 Å². The number of carbonyl (C=O) groups is 1.